The van der Waals surface area contributed by atoms with E-state index < -0.39 is 0 Å². The minimum atomic E-state index is -0.0765. The molecule has 1 amide bonds. The van der Waals surface area contributed by atoms with E-state index in [-0.39, 0.29) is 17.4 Å². The third-order valence-corrected chi connectivity index (χ3v) is 5.99. The molecule has 0 aromatic heterocycles. The van der Waals surface area contributed by atoms with Crippen molar-refractivity contribution in [3.63, 3.8) is 0 Å². The summed E-state index contributed by atoms with van der Waals surface area (Å²) >= 11 is 0. The number of nitrogens with zero attached hydrogens (tertiary/aromatic N) is 2. The van der Waals surface area contributed by atoms with Crippen LogP contribution in [0.4, 0.5) is 5.69 Å². The number of carbonyl (C=O) groups is 1. The van der Waals surface area contributed by atoms with Crippen LogP contribution < -0.4 is 15.6 Å². The molecule has 1 fully saturated rings. The van der Waals surface area contributed by atoms with Crippen LogP contribution in [-0.4, -0.2) is 37.3 Å². The Morgan fingerprint density at radius 2 is 1.79 bits per heavy atom. The predicted molar refractivity (Wildman–Crippen MR) is 118 cm³/mol. The molecule has 5 heteroatoms. The lowest BCUT2D eigenvalue weighted by Gasteiger charge is -2.33. The number of benzene rings is 2. The highest BCUT2D eigenvalue weighted by Crippen LogP contribution is 2.27. The van der Waals surface area contributed by atoms with Crippen molar-refractivity contribution in [2.45, 2.75) is 38.6 Å². The van der Waals surface area contributed by atoms with Gasteiger partial charge in [-0.05, 0) is 50.8 Å². The molecule has 0 atom stereocenters. The molecule has 0 radical (unpaired) electrons. The molecule has 0 bridgehead atoms. The van der Waals surface area contributed by atoms with Crippen LogP contribution >= 0.6 is 0 Å². The Morgan fingerprint density at radius 1 is 1.10 bits per heavy atom. The van der Waals surface area contributed by atoms with Gasteiger partial charge in [0, 0.05) is 42.9 Å². The maximum Gasteiger partial charge on any atom is 0.222 e. The van der Waals surface area contributed by atoms with Crippen LogP contribution in [0.25, 0.3) is 0 Å². The Hall–Kier alpha value is -2.82. The summed E-state index contributed by atoms with van der Waals surface area (Å²) in [6.07, 6.45) is 2.75. The molecule has 0 spiro atoms. The molecule has 2 N–H and O–H groups in total. The fourth-order valence-corrected chi connectivity index (χ4v) is 4.34. The van der Waals surface area contributed by atoms with Crippen LogP contribution in [0.2, 0.25) is 0 Å². The molecule has 0 aliphatic carbocycles. The summed E-state index contributed by atoms with van der Waals surface area (Å²) in [5.74, 6) is 0.308. The molecular formula is C24H30N4O. The third kappa shape index (κ3) is 4.14. The van der Waals surface area contributed by atoms with Crippen molar-refractivity contribution in [3.05, 3.63) is 65.2 Å². The fourth-order valence-electron chi connectivity index (χ4n) is 4.34. The van der Waals surface area contributed by atoms with Crippen molar-refractivity contribution < 1.29 is 4.79 Å². The molecule has 152 valence electrons. The highest BCUT2D eigenvalue weighted by Gasteiger charge is 2.26. The highest BCUT2D eigenvalue weighted by atomic mass is 16.1. The Kier molecular flexibility index (Phi) is 5.31. The van der Waals surface area contributed by atoms with Crippen molar-refractivity contribution >= 4 is 17.3 Å². The molecule has 0 unspecified atom stereocenters. The van der Waals surface area contributed by atoms with Crippen molar-refractivity contribution in [2.24, 2.45) is 11.0 Å². The van der Waals surface area contributed by atoms with Crippen LogP contribution in [0.5, 0.6) is 0 Å². The van der Waals surface area contributed by atoms with E-state index in [1.54, 1.807) is 7.05 Å². The molecule has 4 rings (SSSR count). The van der Waals surface area contributed by atoms with Gasteiger partial charge in [0.25, 0.3) is 0 Å². The first-order valence-corrected chi connectivity index (χ1v) is 10.5. The Labute approximate surface area is 173 Å². The molecule has 2 aliphatic rings. The molecule has 2 aromatic rings. The molecule has 5 nitrogen and oxygen atoms in total. The SMILES string of the molecule is CNC(=O)C1CCN(c2ccc(C3=NNC(C)(C)Cc4ccccc43)cc2)CC1. The number of amides is 1. The zero-order valence-electron chi connectivity index (χ0n) is 17.5. The van der Waals surface area contributed by atoms with E-state index in [4.69, 9.17) is 5.10 Å². The predicted octanol–water partition coefficient (Wildman–Crippen LogP) is 3.33. The summed E-state index contributed by atoms with van der Waals surface area (Å²) in [5.41, 5.74) is 9.12. The largest absolute Gasteiger partial charge is 0.371 e. The van der Waals surface area contributed by atoms with Crippen LogP contribution in [0, 0.1) is 5.92 Å². The maximum atomic E-state index is 11.9. The average Bonchev–Trinajstić information content (AvgIpc) is 2.88. The van der Waals surface area contributed by atoms with E-state index in [1.807, 2.05) is 0 Å². The zero-order valence-corrected chi connectivity index (χ0v) is 17.5. The number of carbonyl (C=O) groups excluding carboxylic acids is 1. The van der Waals surface area contributed by atoms with Crippen molar-refractivity contribution in [2.75, 3.05) is 25.0 Å². The summed E-state index contributed by atoms with van der Waals surface area (Å²) in [6, 6.07) is 17.2. The second kappa shape index (κ2) is 7.90. The van der Waals surface area contributed by atoms with Crippen LogP contribution in [0.3, 0.4) is 0 Å². The lowest BCUT2D eigenvalue weighted by Crippen LogP contribution is -2.39. The van der Waals surface area contributed by atoms with Gasteiger partial charge < -0.3 is 15.6 Å². The molecule has 1 saturated heterocycles. The quantitative estimate of drug-likeness (QED) is 0.845. The standard InChI is InChI=1S/C24H30N4O/c1-24(2)16-19-6-4-5-7-21(19)22(26-27-24)17-8-10-20(11-9-17)28-14-12-18(13-15-28)23(29)25-3/h4-11,18,27H,12-16H2,1-3H3,(H,25,29). The molecule has 2 aromatic carbocycles. The van der Waals surface area contributed by atoms with Crippen LogP contribution in [0.15, 0.2) is 53.6 Å². The molecule has 2 aliphatic heterocycles. The second-order valence-electron chi connectivity index (χ2n) is 8.71. The van der Waals surface area contributed by atoms with Crippen molar-refractivity contribution in [1.82, 2.24) is 10.7 Å². The monoisotopic (exact) mass is 390 g/mol. The van der Waals surface area contributed by atoms with Gasteiger partial charge in [0.2, 0.25) is 5.91 Å². The van der Waals surface area contributed by atoms with E-state index in [2.05, 4.69) is 78.0 Å². The number of rotatable bonds is 3. The van der Waals surface area contributed by atoms with E-state index in [1.165, 1.54) is 16.8 Å². The van der Waals surface area contributed by atoms with Crippen molar-refractivity contribution in [1.29, 1.82) is 0 Å². The number of hydrogen-bond acceptors (Lipinski definition) is 4. The summed E-state index contributed by atoms with van der Waals surface area (Å²) < 4.78 is 0. The Morgan fingerprint density at radius 3 is 2.48 bits per heavy atom. The van der Waals surface area contributed by atoms with Gasteiger partial charge >= 0.3 is 0 Å². The Bertz CT molecular complexity index is 909. The summed E-state index contributed by atoms with van der Waals surface area (Å²) in [7, 11) is 1.72. The van der Waals surface area contributed by atoms with Crippen LogP contribution in [0.1, 0.15) is 43.4 Å². The number of fused-ring (bicyclic) bond motifs is 1. The van der Waals surface area contributed by atoms with Gasteiger partial charge in [-0.2, -0.15) is 5.10 Å². The van der Waals surface area contributed by atoms with Gasteiger partial charge in [0.1, 0.15) is 0 Å². The van der Waals surface area contributed by atoms with Crippen molar-refractivity contribution in [3.8, 4) is 0 Å². The first kappa shape index (κ1) is 19.5. The smallest absolute Gasteiger partial charge is 0.222 e. The Balaban J connectivity index is 1.54. The van der Waals surface area contributed by atoms with Gasteiger partial charge in [-0.3, -0.25) is 4.79 Å². The molecule has 29 heavy (non-hydrogen) atoms. The van der Waals surface area contributed by atoms with Crippen LogP contribution in [-0.2, 0) is 11.2 Å². The topological polar surface area (TPSA) is 56.7 Å². The normalized spacial score (nSPS) is 18.9. The van der Waals surface area contributed by atoms with Gasteiger partial charge in [-0.15, -0.1) is 0 Å². The van der Waals surface area contributed by atoms with Gasteiger partial charge in [-0.1, -0.05) is 36.4 Å². The van der Waals surface area contributed by atoms with Gasteiger partial charge in [-0.25, -0.2) is 0 Å². The minimum absolute atomic E-state index is 0.0765. The molecule has 2 heterocycles. The zero-order chi connectivity index (χ0) is 20.4. The minimum Gasteiger partial charge on any atom is -0.371 e. The molecule has 0 saturated carbocycles. The maximum absolute atomic E-state index is 11.9. The lowest BCUT2D eigenvalue weighted by atomic mass is 9.90. The number of piperidine rings is 1. The first-order chi connectivity index (χ1) is 14.0. The summed E-state index contributed by atoms with van der Waals surface area (Å²) in [5, 5.41) is 7.55. The van der Waals surface area contributed by atoms with E-state index >= 15 is 0 Å². The number of hydrogen-bond donors (Lipinski definition) is 2. The summed E-state index contributed by atoms with van der Waals surface area (Å²) in [6.45, 7) is 6.19. The lowest BCUT2D eigenvalue weighted by molar-refractivity contribution is -0.125. The molecular weight excluding hydrogens is 360 g/mol. The number of anilines is 1. The van der Waals surface area contributed by atoms with E-state index in [0.29, 0.717) is 0 Å². The highest BCUT2D eigenvalue weighted by molar-refractivity contribution is 6.14. The second-order valence-corrected chi connectivity index (χ2v) is 8.71. The van der Waals surface area contributed by atoms with E-state index in [9.17, 15) is 4.79 Å². The van der Waals surface area contributed by atoms with E-state index in [0.717, 1.165) is 43.6 Å². The summed E-state index contributed by atoms with van der Waals surface area (Å²) in [4.78, 5) is 14.2. The van der Waals surface area contributed by atoms with Gasteiger partial charge in [0.05, 0.1) is 11.3 Å². The number of hydrazone groups is 1. The first-order valence-electron chi connectivity index (χ1n) is 10.5. The average molecular weight is 391 g/mol. The fraction of sp³-hybridized carbons (Fsp3) is 0.417. The number of nitrogens with one attached hydrogen (secondary N) is 2. The third-order valence-electron chi connectivity index (χ3n) is 5.99. The van der Waals surface area contributed by atoms with Gasteiger partial charge in [0.15, 0.2) is 0 Å².